The maximum absolute atomic E-state index is 13.0. The van der Waals surface area contributed by atoms with Crippen molar-refractivity contribution >= 4 is 49.7 Å². The predicted octanol–water partition coefficient (Wildman–Crippen LogP) is 5.58. The molecule has 3 aromatic rings. The number of rotatable bonds is 6. The molecule has 0 radical (unpaired) electrons. The van der Waals surface area contributed by atoms with Gasteiger partial charge >= 0.3 is 0 Å². The lowest BCUT2D eigenvalue weighted by Gasteiger charge is -2.34. The number of aryl methyl sites for hydroxylation is 1. The highest BCUT2D eigenvalue weighted by Gasteiger charge is 2.31. The summed E-state index contributed by atoms with van der Waals surface area (Å²) >= 11 is 13.7. The molecule has 4 rings (SSSR count). The monoisotopic (exact) mass is 495 g/mol. The zero-order valence-corrected chi connectivity index (χ0v) is 20.2. The van der Waals surface area contributed by atoms with E-state index in [1.807, 2.05) is 0 Å². The van der Waals surface area contributed by atoms with Crippen LogP contribution in [0.4, 0.5) is 5.13 Å². The molecule has 0 atom stereocenters. The Morgan fingerprint density at radius 3 is 2.42 bits per heavy atom. The van der Waals surface area contributed by atoms with E-state index in [9.17, 15) is 8.42 Å². The SMILES string of the molecule is CCCc1ccc(-c2csc(N3CCN(S(=O)(=O)c4cccc(Cl)c4Cl)CC3)n2)cc1. The molecule has 0 unspecified atom stereocenters. The highest BCUT2D eigenvalue weighted by atomic mass is 35.5. The minimum Gasteiger partial charge on any atom is -0.345 e. The van der Waals surface area contributed by atoms with E-state index in [2.05, 4.69) is 41.5 Å². The van der Waals surface area contributed by atoms with Crippen LogP contribution in [0.1, 0.15) is 18.9 Å². The highest BCUT2D eigenvalue weighted by molar-refractivity contribution is 7.89. The van der Waals surface area contributed by atoms with Crippen LogP contribution in [0, 0.1) is 0 Å². The van der Waals surface area contributed by atoms with Crippen LogP contribution in [0.2, 0.25) is 10.0 Å². The maximum Gasteiger partial charge on any atom is 0.244 e. The number of thiazole rings is 1. The highest BCUT2D eigenvalue weighted by Crippen LogP contribution is 2.32. The summed E-state index contributed by atoms with van der Waals surface area (Å²) < 4.78 is 27.5. The molecule has 0 spiro atoms. The maximum atomic E-state index is 13.0. The van der Waals surface area contributed by atoms with Crippen molar-refractivity contribution in [2.24, 2.45) is 0 Å². The van der Waals surface area contributed by atoms with Gasteiger partial charge in [0.1, 0.15) is 4.90 Å². The van der Waals surface area contributed by atoms with Crippen LogP contribution in [0.5, 0.6) is 0 Å². The second kappa shape index (κ2) is 9.46. The molecule has 0 amide bonds. The zero-order valence-electron chi connectivity index (χ0n) is 17.1. The molecular formula is C22H23Cl2N3O2S2. The van der Waals surface area contributed by atoms with Crippen LogP contribution >= 0.6 is 34.5 Å². The quantitative estimate of drug-likeness (QED) is 0.447. The second-order valence-corrected chi connectivity index (χ2v) is 10.9. The van der Waals surface area contributed by atoms with Crippen molar-refractivity contribution in [2.45, 2.75) is 24.7 Å². The second-order valence-electron chi connectivity index (χ2n) is 7.41. The van der Waals surface area contributed by atoms with Crippen LogP contribution < -0.4 is 4.90 Å². The Kier molecular flexibility index (Phi) is 6.89. The Labute approximate surface area is 197 Å². The lowest BCUT2D eigenvalue weighted by atomic mass is 10.1. The summed E-state index contributed by atoms with van der Waals surface area (Å²) in [6, 6.07) is 13.2. The summed E-state index contributed by atoms with van der Waals surface area (Å²) in [6.45, 7) is 4.05. The lowest BCUT2D eigenvalue weighted by Crippen LogP contribution is -2.48. The first-order valence-corrected chi connectivity index (χ1v) is 13.2. The van der Waals surface area contributed by atoms with E-state index >= 15 is 0 Å². The Hall–Kier alpha value is -1.64. The number of benzene rings is 2. The molecule has 0 saturated carbocycles. The normalized spacial score (nSPS) is 15.4. The van der Waals surface area contributed by atoms with Crippen LogP contribution in [0.25, 0.3) is 11.3 Å². The van der Waals surface area contributed by atoms with Gasteiger partial charge < -0.3 is 4.90 Å². The number of nitrogens with zero attached hydrogens (tertiary/aromatic N) is 3. The topological polar surface area (TPSA) is 53.5 Å². The van der Waals surface area contributed by atoms with E-state index in [-0.39, 0.29) is 14.9 Å². The van der Waals surface area contributed by atoms with Crippen LogP contribution in [-0.2, 0) is 16.4 Å². The predicted molar refractivity (Wildman–Crippen MR) is 129 cm³/mol. The molecule has 2 aromatic carbocycles. The van der Waals surface area contributed by atoms with Gasteiger partial charge in [-0.1, -0.05) is 66.9 Å². The van der Waals surface area contributed by atoms with Crippen LogP contribution in [0.3, 0.4) is 0 Å². The summed E-state index contributed by atoms with van der Waals surface area (Å²) in [5.41, 5.74) is 3.38. The molecule has 1 aliphatic rings. The zero-order chi connectivity index (χ0) is 22.0. The summed E-state index contributed by atoms with van der Waals surface area (Å²) in [4.78, 5) is 6.97. The third-order valence-corrected chi connectivity index (χ3v) is 9.10. The summed E-state index contributed by atoms with van der Waals surface area (Å²) in [6.07, 6.45) is 2.21. The minimum atomic E-state index is -3.69. The molecule has 9 heteroatoms. The Morgan fingerprint density at radius 1 is 1.03 bits per heavy atom. The molecule has 164 valence electrons. The van der Waals surface area contributed by atoms with Gasteiger partial charge in [-0.3, -0.25) is 0 Å². The Balaban J connectivity index is 1.44. The molecule has 5 nitrogen and oxygen atoms in total. The van der Waals surface area contributed by atoms with Gasteiger partial charge in [-0.05, 0) is 24.1 Å². The minimum absolute atomic E-state index is 0.0539. The van der Waals surface area contributed by atoms with Gasteiger partial charge in [0.25, 0.3) is 0 Å². The molecule has 1 aromatic heterocycles. The van der Waals surface area contributed by atoms with Crippen molar-refractivity contribution in [3.8, 4) is 11.3 Å². The Bertz CT molecular complexity index is 1160. The fraction of sp³-hybridized carbons (Fsp3) is 0.318. The number of sulfonamides is 1. The summed E-state index contributed by atoms with van der Waals surface area (Å²) in [5.74, 6) is 0. The standard InChI is InChI=1S/C22H23Cl2N3O2S2/c1-2-4-16-7-9-17(10-8-16)19-15-30-22(25-19)26-11-13-27(14-12-26)31(28,29)20-6-3-5-18(23)21(20)24/h3,5-10,15H,2,4,11-14H2,1H3. The summed E-state index contributed by atoms with van der Waals surface area (Å²) in [5, 5.41) is 3.27. The van der Waals surface area contributed by atoms with Crippen LogP contribution in [-0.4, -0.2) is 43.9 Å². The number of hydrogen-bond donors (Lipinski definition) is 0. The van der Waals surface area contributed by atoms with Crippen molar-refractivity contribution in [2.75, 3.05) is 31.1 Å². The number of anilines is 1. The van der Waals surface area contributed by atoms with Crippen molar-refractivity contribution in [3.05, 3.63) is 63.5 Å². The third-order valence-electron chi connectivity index (χ3n) is 5.32. The first-order chi connectivity index (χ1) is 14.9. The average molecular weight is 496 g/mol. The van der Waals surface area contributed by atoms with Crippen molar-refractivity contribution in [1.82, 2.24) is 9.29 Å². The Morgan fingerprint density at radius 2 is 1.74 bits per heavy atom. The lowest BCUT2D eigenvalue weighted by molar-refractivity contribution is 0.385. The van der Waals surface area contributed by atoms with E-state index in [4.69, 9.17) is 28.2 Å². The third kappa shape index (κ3) is 4.76. The molecule has 0 aliphatic carbocycles. The fourth-order valence-electron chi connectivity index (χ4n) is 3.62. The fourth-order valence-corrected chi connectivity index (χ4v) is 6.66. The van der Waals surface area contributed by atoms with E-state index in [0.29, 0.717) is 26.2 Å². The molecule has 1 fully saturated rings. The van der Waals surface area contributed by atoms with Crippen molar-refractivity contribution in [3.63, 3.8) is 0 Å². The number of halogens is 2. The molecular weight excluding hydrogens is 473 g/mol. The smallest absolute Gasteiger partial charge is 0.244 e. The number of hydrogen-bond acceptors (Lipinski definition) is 5. The van der Waals surface area contributed by atoms with Crippen molar-refractivity contribution < 1.29 is 8.42 Å². The van der Waals surface area contributed by atoms with E-state index in [0.717, 1.165) is 29.2 Å². The number of piperazine rings is 1. The van der Waals surface area contributed by atoms with Crippen molar-refractivity contribution in [1.29, 1.82) is 0 Å². The van der Waals surface area contributed by atoms with E-state index in [1.54, 1.807) is 23.5 Å². The van der Waals surface area contributed by atoms with E-state index < -0.39 is 10.0 Å². The number of aromatic nitrogens is 1. The molecule has 1 aliphatic heterocycles. The molecule has 0 N–H and O–H groups in total. The van der Waals surface area contributed by atoms with Gasteiger partial charge in [-0.2, -0.15) is 4.31 Å². The van der Waals surface area contributed by atoms with Gasteiger partial charge in [0, 0.05) is 37.1 Å². The summed E-state index contributed by atoms with van der Waals surface area (Å²) in [7, 11) is -3.69. The largest absolute Gasteiger partial charge is 0.345 e. The molecule has 1 saturated heterocycles. The van der Waals surface area contributed by atoms with Gasteiger partial charge in [0.05, 0.1) is 15.7 Å². The average Bonchev–Trinajstić information content (AvgIpc) is 3.27. The molecule has 31 heavy (non-hydrogen) atoms. The van der Waals surface area contributed by atoms with Gasteiger partial charge in [-0.15, -0.1) is 11.3 Å². The first kappa shape index (κ1) is 22.6. The molecule has 0 bridgehead atoms. The van der Waals surface area contributed by atoms with E-state index in [1.165, 1.54) is 15.9 Å². The van der Waals surface area contributed by atoms with Gasteiger partial charge in [0.15, 0.2) is 5.13 Å². The van der Waals surface area contributed by atoms with Crippen LogP contribution in [0.15, 0.2) is 52.7 Å². The van der Waals surface area contributed by atoms with Gasteiger partial charge in [-0.25, -0.2) is 13.4 Å². The molecule has 2 heterocycles. The first-order valence-electron chi connectivity index (χ1n) is 10.1. The van der Waals surface area contributed by atoms with Gasteiger partial charge in [0.2, 0.25) is 10.0 Å².